The number of carbonyl (C=O) groups excluding carboxylic acids is 1. The number of benzene rings is 1. The third-order valence-electron chi connectivity index (χ3n) is 3.58. The van der Waals surface area contributed by atoms with E-state index in [-0.39, 0.29) is 5.75 Å². The summed E-state index contributed by atoms with van der Waals surface area (Å²) >= 11 is 1.43. The minimum Gasteiger partial charge on any atom is -0.507 e. The van der Waals surface area contributed by atoms with Crippen molar-refractivity contribution in [3.8, 4) is 5.75 Å². The summed E-state index contributed by atoms with van der Waals surface area (Å²) in [5, 5.41) is 13.3. The van der Waals surface area contributed by atoms with Gasteiger partial charge in [0.1, 0.15) is 5.75 Å². The zero-order valence-corrected chi connectivity index (χ0v) is 16.2. The molecule has 2 N–H and O–H groups in total. The molecule has 25 heavy (non-hydrogen) atoms. The van der Waals surface area contributed by atoms with Crippen molar-refractivity contribution in [3.63, 3.8) is 0 Å². The molecule has 0 atom stereocenters. The van der Waals surface area contributed by atoms with E-state index in [1.54, 1.807) is 12.1 Å². The van der Waals surface area contributed by atoms with Crippen molar-refractivity contribution in [1.82, 2.24) is 0 Å². The van der Waals surface area contributed by atoms with Crippen molar-refractivity contribution in [2.75, 3.05) is 11.9 Å². The Morgan fingerprint density at radius 2 is 1.72 bits per heavy atom. The van der Waals surface area contributed by atoms with Crippen LogP contribution in [0, 0.1) is 0 Å². The molecular formula is C21H29NO2S. The van der Waals surface area contributed by atoms with Gasteiger partial charge in [-0.05, 0) is 42.8 Å². The number of aromatic hydroxyl groups is 1. The van der Waals surface area contributed by atoms with Gasteiger partial charge in [-0.15, -0.1) is 11.3 Å². The number of rotatable bonds is 8. The van der Waals surface area contributed by atoms with E-state index >= 15 is 0 Å². The number of anilines is 1. The molecule has 0 aliphatic heterocycles. The Balaban J connectivity index is 0.000000705. The number of nitrogens with one attached hydrogen (secondary N) is 1. The lowest BCUT2D eigenvalue weighted by Crippen LogP contribution is -2.00. The SMILES string of the molecule is CCCC.CCCCNc1ccc(/C=C/c2ccc(C=O)s2)c(O)c1. The second kappa shape index (κ2) is 12.3. The first-order valence-electron chi connectivity index (χ1n) is 8.94. The second-order valence-corrected chi connectivity index (χ2v) is 6.89. The molecule has 2 rings (SSSR count). The van der Waals surface area contributed by atoms with E-state index in [0.717, 1.165) is 41.8 Å². The van der Waals surface area contributed by atoms with Gasteiger partial charge in [0.15, 0.2) is 6.29 Å². The zero-order valence-electron chi connectivity index (χ0n) is 15.4. The minimum absolute atomic E-state index is 0.250. The average molecular weight is 360 g/mol. The van der Waals surface area contributed by atoms with Gasteiger partial charge in [-0.3, -0.25) is 4.79 Å². The van der Waals surface area contributed by atoms with Gasteiger partial charge in [0.2, 0.25) is 0 Å². The molecule has 0 aliphatic carbocycles. The molecule has 0 spiro atoms. The predicted molar refractivity (Wildman–Crippen MR) is 111 cm³/mol. The van der Waals surface area contributed by atoms with Gasteiger partial charge in [0, 0.05) is 28.7 Å². The van der Waals surface area contributed by atoms with Gasteiger partial charge in [-0.1, -0.05) is 40.0 Å². The highest BCUT2D eigenvalue weighted by molar-refractivity contribution is 7.14. The molecule has 1 aromatic carbocycles. The van der Waals surface area contributed by atoms with Gasteiger partial charge < -0.3 is 10.4 Å². The number of thiophene rings is 1. The molecule has 0 amide bonds. The van der Waals surface area contributed by atoms with E-state index in [0.29, 0.717) is 4.88 Å². The Labute approximate surface area is 155 Å². The maximum absolute atomic E-state index is 10.6. The van der Waals surface area contributed by atoms with E-state index in [1.807, 2.05) is 30.4 Å². The van der Waals surface area contributed by atoms with Crippen molar-refractivity contribution in [1.29, 1.82) is 0 Å². The quantitative estimate of drug-likeness (QED) is 0.420. The molecule has 0 saturated carbocycles. The maximum Gasteiger partial charge on any atom is 0.160 e. The van der Waals surface area contributed by atoms with Crippen molar-refractivity contribution < 1.29 is 9.90 Å². The van der Waals surface area contributed by atoms with Crippen LogP contribution in [0.1, 0.15) is 66.6 Å². The lowest BCUT2D eigenvalue weighted by atomic mass is 10.1. The summed E-state index contributed by atoms with van der Waals surface area (Å²) in [5.74, 6) is 0.250. The molecule has 0 bridgehead atoms. The Bertz CT molecular complexity index is 660. The number of aldehydes is 1. The number of carbonyl (C=O) groups is 1. The summed E-state index contributed by atoms with van der Waals surface area (Å²) in [6.07, 6.45) is 9.49. The van der Waals surface area contributed by atoms with Crippen molar-refractivity contribution in [3.05, 3.63) is 45.6 Å². The average Bonchev–Trinajstić information content (AvgIpc) is 3.09. The summed E-state index contributed by atoms with van der Waals surface area (Å²) in [7, 11) is 0. The van der Waals surface area contributed by atoms with Crippen LogP contribution in [-0.4, -0.2) is 17.9 Å². The Morgan fingerprint density at radius 3 is 2.28 bits per heavy atom. The van der Waals surface area contributed by atoms with Crippen molar-refractivity contribution in [2.24, 2.45) is 0 Å². The van der Waals surface area contributed by atoms with E-state index in [2.05, 4.69) is 26.1 Å². The zero-order chi connectivity index (χ0) is 18.5. The molecule has 0 unspecified atom stereocenters. The van der Waals surface area contributed by atoms with Crippen LogP contribution in [0.5, 0.6) is 5.75 Å². The van der Waals surface area contributed by atoms with E-state index in [4.69, 9.17) is 0 Å². The van der Waals surface area contributed by atoms with Crippen LogP contribution in [0.4, 0.5) is 5.69 Å². The van der Waals surface area contributed by atoms with Gasteiger partial charge in [-0.2, -0.15) is 0 Å². The molecule has 3 nitrogen and oxygen atoms in total. The van der Waals surface area contributed by atoms with Crippen molar-refractivity contribution >= 4 is 35.5 Å². The molecule has 0 saturated heterocycles. The lowest BCUT2D eigenvalue weighted by molar-refractivity contribution is 0.112. The highest BCUT2D eigenvalue weighted by Gasteiger charge is 2.00. The first-order chi connectivity index (χ1) is 12.1. The maximum atomic E-state index is 10.6. The smallest absolute Gasteiger partial charge is 0.160 e. The van der Waals surface area contributed by atoms with Gasteiger partial charge in [0.25, 0.3) is 0 Å². The second-order valence-electron chi connectivity index (χ2n) is 5.75. The number of phenolic OH excluding ortho intramolecular Hbond substituents is 1. The molecule has 2 aromatic rings. The fourth-order valence-corrected chi connectivity index (χ4v) is 2.63. The minimum atomic E-state index is 0.250. The van der Waals surface area contributed by atoms with E-state index in [1.165, 1.54) is 24.2 Å². The van der Waals surface area contributed by atoms with Crippen LogP contribution in [0.2, 0.25) is 0 Å². The van der Waals surface area contributed by atoms with Crippen molar-refractivity contribution in [2.45, 2.75) is 46.5 Å². The fourth-order valence-electron chi connectivity index (χ4n) is 1.90. The van der Waals surface area contributed by atoms with Crippen LogP contribution in [0.15, 0.2) is 30.3 Å². The predicted octanol–water partition coefficient (Wildman–Crippen LogP) is 6.46. The summed E-state index contributed by atoms with van der Waals surface area (Å²) < 4.78 is 0. The molecule has 0 fully saturated rings. The molecule has 0 radical (unpaired) electrons. The van der Waals surface area contributed by atoms with Crippen LogP contribution in [-0.2, 0) is 0 Å². The first-order valence-corrected chi connectivity index (χ1v) is 9.76. The summed E-state index contributed by atoms with van der Waals surface area (Å²) in [6, 6.07) is 9.26. The number of phenols is 1. The lowest BCUT2D eigenvalue weighted by Gasteiger charge is -2.07. The highest BCUT2D eigenvalue weighted by Crippen LogP contribution is 2.25. The molecule has 4 heteroatoms. The van der Waals surface area contributed by atoms with E-state index < -0.39 is 0 Å². The third-order valence-corrected chi connectivity index (χ3v) is 4.56. The molecular weight excluding hydrogens is 330 g/mol. The molecule has 0 aliphatic rings. The number of hydrogen-bond acceptors (Lipinski definition) is 4. The van der Waals surface area contributed by atoms with E-state index in [9.17, 15) is 9.90 Å². The number of hydrogen-bond donors (Lipinski definition) is 2. The largest absolute Gasteiger partial charge is 0.507 e. The van der Waals surface area contributed by atoms with Gasteiger partial charge >= 0.3 is 0 Å². The van der Waals surface area contributed by atoms with Crippen LogP contribution in [0.3, 0.4) is 0 Å². The van der Waals surface area contributed by atoms with Gasteiger partial charge in [-0.25, -0.2) is 0 Å². The normalized spacial score (nSPS) is 10.4. The topological polar surface area (TPSA) is 49.3 Å². The molecule has 1 aromatic heterocycles. The standard InChI is InChI=1S/C17H19NO2S.C4H10/c1-2-3-10-18-14-6-4-13(17(20)11-14)5-7-15-8-9-16(12-19)21-15;1-3-4-2/h4-9,11-12,18,20H,2-3,10H2,1H3;3-4H2,1-2H3/b7-5+;. The monoisotopic (exact) mass is 359 g/mol. The van der Waals surface area contributed by atoms with Crippen LogP contribution in [0.25, 0.3) is 12.2 Å². The highest BCUT2D eigenvalue weighted by atomic mass is 32.1. The molecule has 136 valence electrons. The summed E-state index contributed by atoms with van der Waals surface area (Å²) in [4.78, 5) is 12.3. The first kappa shape index (κ1) is 21.0. The Morgan fingerprint density at radius 1 is 1.00 bits per heavy atom. The van der Waals surface area contributed by atoms with Gasteiger partial charge in [0.05, 0.1) is 4.88 Å². The number of unbranched alkanes of at least 4 members (excludes halogenated alkanes) is 2. The Kier molecular flexibility index (Phi) is 10.3. The summed E-state index contributed by atoms with van der Waals surface area (Å²) in [5.41, 5.74) is 1.69. The summed E-state index contributed by atoms with van der Waals surface area (Å²) in [6.45, 7) is 7.42. The van der Waals surface area contributed by atoms with Crippen LogP contribution < -0.4 is 5.32 Å². The fraction of sp³-hybridized carbons (Fsp3) is 0.381. The molecule has 1 heterocycles. The van der Waals surface area contributed by atoms with Crippen LogP contribution >= 0.6 is 11.3 Å². The Hall–Kier alpha value is -2.07. The third kappa shape index (κ3) is 8.03.